The molecule has 0 unspecified atom stereocenters. The first kappa shape index (κ1) is 17.7. The predicted octanol–water partition coefficient (Wildman–Crippen LogP) is 4.04. The van der Waals surface area contributed by atoms with E-state index in [2.05, 4.69) is 16.9 Å². The third kappa shape index (κ3) is 4.44. The Labute approximate surface area is 144 Å². The van der Waals surface area contributed by atoms with Crippen LogP contribution in [0.2, 0.25) is 0 Å². The third-order valence-electron chi connectivity index (χ3n) is 3.88. The molecule has 0 bridgehead atoms. The average Bonchev–Trinajstić information content (AvgIpc) is 2.59. The van der Waals surface area contributed by atoms with Gasteiger partial charge in [-0.2, -0.15) is 0 Å². The number of amides is 1. The Morgan fingerprint density at radius 1 is 1.25 bits per heavy atom. The van der Waals surface area contributed by atoms with Crippen LogP contribution in [-0.4, -0.2) is 28.9 Å². The molecule has 4 heteroatoms. The Kier molecular flexibility index (Phi) is 6.13. The number of carbonyl (C=O) groups excluding carboxylic acids is 1. The van der Waals surface area contributed by atoms with E-state index in [1.165, 1.54) is 0 Å². The minimum Gasteiger partial charge on any atom is -0.379 e. The van der Waals surface area contributed by atoms with Crippen LogP contribution in [0.1, 0.15) is 35.5 Å². The second-order valence-electron chi connectivity index (χ2n) is 5.93. The van der Waals surface area contributed by atoms with E-state index in [1.807, 2.05) is 62.1 Å². The molecule has 1 amide bonds. The van der Waals surface area contributed by atoms with Crippen LogP contribution in [0.5, 0.6) is 0 Å². The molecule has 0 fully saturated rings. The molecule has 0 aliphatic heterocycles. The Hall–Kier alpha value is -2.62. The molecular weight excluding hydrogens is 298 g/mol. The van der Waals surface area contributed by atoms with Gasteiger partial charge < -0.3 is 10.2 Å². The van der Waals surface area contributed by atoms with Gasteiger partial charge in [-0.25, -0.2) is 0 Å². The summed E-state index contributed by atoms with van der Waals surface area (Å²) in [5.74, 6) is 0.0412. The highest BCUT2D eigenvalue weighted by Gasteiger charge is 2.17. The highest BCUT2D eigenvalue weighted by molar-refractivity contribution is 5.97. The lowest BCUT2D eigenvalue weighted by atomic mass is 10.0. The molecule has 4 nitrogen and oxygen atoms in total. The van der Waals surface area contributed by atoms with Gasteiger partial charge in [0.2, 0.25) is 0 Å². The van der Waals surface area contributed by atoms with Crippen LogP contribution in [-0.2, 0) is 6.54 Å². The number of likely N-dealkylation sites (N-methyl/N-ethyl adjacent to an activating group) is 1. The van der Waals surface area contributed by atoms with Crippen molar-refractivity contribution < 1.29 is 4.79 Å². The molecule has 0 aliphatic carbocycles. The van der Waals surface area contributed by atoms with Gasteiger partial charge in [-0.05, 0) is 50.6 Å². The van der Waals surface area contributed by atoms with Gasteiger partial charge in [0.1, 0.15) is 0 Å². The Morgan fingerprint density at radius 3 is 2.67 bits per heavy atom. The molecule has 0 saturated carbocycles. The molecule has 0 aliphatic rings. The van der Waals surface area contributed by atoms with E-state index in [4.69, 9.17) is 0 Å². The van der Waals surface area contributed by atoms with Crippen molar-refractivity contribution in [2.75, 3.05) is 18.4 Å². The van der Waals surface area contributed by atoms with Crippen molar-refractivity contribution in [3.8, 4) is 0 Å². The summed E-state index contributed by atoms with van der Waals surface area (Å²) in [6.45, 7) is 11.7. The van der Waals surface area contributed by atoms with Crippen molar-refractivity contribution in [1.29, 1.82) is 0 Å². The SMILES string of the molecule is C=C(C)CN(CC)C(=O)c1cccc(NCc2ccccn2)c1C. The van der Waals surface area contributed by atoms with Crippen LogP contribution >= 0.6 is 0 Å². The molecule has 2 rings (SSSR count). The molecule has 24 heavy (non-hydrogen) atoms. The van der Waals surface area contributed by atoms with Gasteiger partial charge in [0.25, 0.3) is 5.91 Å². The van der Waals surface area contributed by atoms with Gasteiger partial charge in [0, 0.05) is 30.5 Å². The Morgan fingerprint density at radius 2 is 2.04 bits per heavy atom. The van der Waals surface area contributed by atoms with Crippen molar-refractivity contribution in [2.24, 2.45) is 0 Å². The molecule has 2 aromatic rings. The van der Waals surface area contributed by atoms with E-state index in [-0.39, 0.29) is 5.91 Å². The number of pyridine rings is 1. The van der Waals surface area contributed by atoms with Crippen LogP contribution < -0.4 is 5.32 Å². The summed E-state index contributed by atoms with van der Waals surface area (Å²) in [4.78, 5) is 18.9. The second-order valence-corrected chi connectivity index (χ2v) is 5.93. The summed E-state index contributed by atoms with van der Waals surface area (Å²) >= 11 is 0. The normalized spacial score (nSPS) is 10.3. The van der Waals surface area contributed by atoms with Gasteiger partial charge >= 0.3 is 0 Å². The third-order valence-corrected chi connectivity index (χ3v) is 3.88. The maximum atomic E-state index is 12.8. The van der Waals surface area contributed by atoms with Crippen molar-refractivity contribution in [3.05, 3.63) is 71.6 Å². The molecule has 1 heterocycles. The lowest BCUT2D eigenvalue weighted by Gasteiger charge is -2.23. The topological polar surface area (TPSA) is 45.2 Å². The summed E-state index contributed by atoms with van der Waals surface area (Å²) in [5.41, 5.74) is 4.58. The summed E-state index contributed by atoms with van der Waals surface area (Å²) in [7, 11) is 0. The van der Waals surface area contributed by atoms with Crippen molar-refractivity contribution >= 4 is 11.6 Å². The maximum Gasteiger partial charge on any atom is 0.254 e. The predicted molar refractivity (Wildman–Crippen MR) is 99.1 cm³/mol. The minimum atomic E-state index is 0.0412. The Bertz CT molecular complexity index is 710. The zero-order valence-corrected chi connectivity index (χ0v) is 14.7. The molecule has 1 aromatic heterocycles. The van der Waals surface area contributed by atoms with Crippen LogP contribution in [0.4, 0.5) is 5.69 Å². The van der Waals surface area contributed by atoms with Crippen molar-refractivity contribution in [2.45, 2.75) is 27.3 Å². The van der Waals surface area contributed by atoms with E-state index >= 15 is 0 Å². The molecule has 0 saturated heterocycles. The van der Waals surface area contributed by atoms with E-state index < -0.39 is 0 Å². The number of benzene rings is 1. The highest BCUT2D eigenvalue weighted by Crippen LogP contribution is 2.21. The summed E-state index contributed by atoms with van der Waals surface area (Å²) in [5, 5.41) is 3.37. The number of carbonyl (C=O) groups is 1. The molecule has 1 aromatic carbocycles. The first-order valence-corrected chi connectivity index (χ1v) is 8.20. The van der Waals surface area contributed by atoms with Gasteiger partial charge in [-0.3, -0.25) is 9.78 Å². The number of rotatable bonds is 7. The fourth-order valence-corrected chi connectivity index (χ4v) is 2.57. The fraction of sp³-hybridized carbons (Fsp3) is 0.300. The summed E-state index contributed by atoms with van der Waals surface area (Å²) in [6.07, 6.45) is 1.78. The number of anilines is 1. The van der Waals surface area contributed by atoms with Crippen molar-refractivity contribution in [1.82, 2.24) is 9.88 Å². The van der Waals surface area contributed by atoms with Gasteiger partial charge in [-0.15, -0.1) is 0 Å². The average molecular weight is 323 g/mol. The summed E-state index contributed by atoms with van der Waals surface area (Å²) < 4.78 is 0. The zero-order chi connectivity index (χ0) is 17.5. The highest BCUT2D eigenvalue weighted by atomic mass is 16.2. The molecule has 0 spiro atoms. The van der Waals surface area contributed by atoms with Crippen molar-refractivity contribution in [3.63, 3.8) is 0 Å². The first-order valence-electron chi connectivity index (χ1n) is 8.20. The molecule has 0 atom stereocenters. The molecular formula is C20H25N3O. The maximum absolute atomic E-state index is 12.8. The van der Waals surface area contributed by atoms with Crippen LogP contribution in [0.3, 0.4) is 0 Å². The number of hydrogen-bond acceptors (Lipinski definition) is 3. The van der Waals surface area contributed by atoms with E-state index in [9.17, 15) is 4.79 Å². The molecule has 0 radical (unpaired) electrons. The van der Waals surface area contributed by atoms with Crippen LogP contribution in [0, 0.1) is 6.92 Å². The molecule has 1 N–H and O–H groups in total. The number of hydrogen-bond donors (Lipinski definition) is 1. The zero-order valence-electron chi connectivity index (χ0n) is 14.7. The smallest absolute Gasteiger partial charge is 0.254 e. The second kappa shape index (κ2) is 8.29. The van der Waals surface area contributed by atoms with Gasteiger partial charge in [0.15, 0.2) is 0 Å². The largest absolute Gasteiger partial charge is 0.379 e. The fourth-order valence-electron chi connectivity index (χ4n) is 2.57. The first-order chi connectivity index (χ1) is 11.5. The Balaban J connectivity index is 2.17. The van der Waals surface area contributed by atoms with Gasteiger partial charge in [0.05, 0.1) is 12.2 Å². The monoisotopic (exact) mass is 323 g/mol. The lowest BCUT2D eigenvalue weighted by Crippen LogP contribution is -2.32. The standard InChI is InChI=1S/C20H25N3O/c1-5-23(14-15(2)3)20(24)18-10-8-11-19(16(18)4)22-13-17-9-6-7-12-21-17/h6-12,22H,2,5,13-14H2,1,3-4H3. The van der Waals surface area contributed by atoms with Crippen LogP contribution in [0.25, 0.3) is 0 Å². The van der Waals surface area contributed by atoms with E-state index in [1.54, 1.807) is 6.20 Å². The number of nitrogens with zero attached hydrogens (tertiary/aromatic N) is 2. The lowest BCUT2D eigenvalue weighted by molar-refractivity contribution is 0.0777. The minimum absolute atomic E-state index is 0.0412. The van der Waals surface area contributed by atoms with Crippen LogP contribution in [0.15, 0.2) is 54.7 Å². The van der Waals surface area contributed by atoms with E-state index in [0.717, 1.165) is 28.1 Å². The number of nitrogens with one attached hydrogen (secondary N) is 1. The van der Waals surface area contributed by atoms with Gasteiger partial charge in [-0.1, -0.05) is 24.3 Å². The summed E-state index contributed by atoms with van der Waals surface area (Å²) in [6, 6.07) is 11.6. The van der Waals surface area contributed by atoms with E-state index in [0.29, 0.717) is 19.6 Å². The quantitative estimate of drug-likeness (QED) is 0.782. The molecule has 126 valence electrons. The number of aromatic nitrogens is 1.